The van der Waals surface area contributed by atoms with Crippen molar-refractivity contribution in [2.24, 2.45) is 5.92 Å². The molecule has 2 aromatic carbocycles. The average Bonchev–Trinajstić information content (AvgIpc) is 2.88. The van der Waals surface area contributed by atoms with Gasteiger partial charge >= 0.3 is 0 Å². The van der Waals surface area contributed by atoms with E-state index in [4.69, 9.17) is 9.47 Å². The smallest absolute Gasteiger partial charge is 0.243 e. The van der Waals surface area contributed by atoms with E-state index in [1.165, 1.54) is 11.2 Å². The fourth-order valence-electron chi connectivity index (χ4n) is 4.93. The molecule has 1 N–H and O–H groups in total. The van der Waals surface area contributed by atoms with Crippen LogP contribution in [0.5, 0.6) is 11.5 Å². The number of hydrogen-bond donors (Lipinski definition) is 1. The SMILES string of the molecule is CC(=O)N1CCCc2cc(S(=O)(=O)N3CCC(C(=O)Nc4ccc5c(c4)OCCO5)CC3)ccc21. The molecule has 0 unspecified atom stereocenters. The maximum atomic E-state index is 13.3. The molecule has 0 atom stereocenters. The average molecular weight is 500 g/mol. The third-order valence-electron chi connectivity index (χ3n) is 6.82. The summed E-state index contributed by atoms with van der Waals surface area (Å²) >= 11 is 0. The summed E-state index contributed by atoms with van der Waals surface area (Å²) in [5.41, 5.74) is 2.29. The van der Waals surface area contributed by atoms with E-state index in [0.717, 1.165) is 24.1 Å². The van der Waals surface area contributed by atoms with E-state index in [-0.39, 0.29) is 35.7 Å². The molecule has 0 radical (unpaired) electrons. The normalized spacial score (nSPS) is 18.6. The summed E-state index contributed by atoms with van der Waals surface area (Å²) in [5, 5.41) is 2.92. The minimum absolute atomic E-state index is 0.0434. The van der Waals surface area contributed by atoms with Gasteiger partial charge in [0.1, 0.15) is 13.2 Å². The summed E-state index contributed by atoms with van der Waals surface area (Å²) in [7, 11) is -3.68. The van der Waals surface area contributed by atoms with Gasteiger partial charge in [0.05, 0.1) is 4.90 Å². The lowest BCUT2D eigenvalue weighted by Gasteiger charge is -2.32. The van der Waals surface area contributed by atoms with Gasteiger partial charge in [-0.05, 0) is 61.6 Å². The fraction of sp³-hybridized carbons (Fsp3) is 0.440. The van der Waals surface area contributed by atoms with Crippen LogP contribution in [0.1, 0.15) is 31.7 Å². The molecule has 3 aliphatic heterocycles. The van der Waals surface area contributed by atoms with Gasteiger partial charge in [0.2, 0.25) is 21.8 Å². The van der Waals surface area contributed by atoms with Crippen LogP contribution in [0.25, 0.3) is 0 Å². The predicted octanol–water partition coefficient (Wildman–Crippen LogP) is 2.80. The van der Waals surface area contributed by atoms with Crippen LogP contribution in [0.2, 0.25) is 0 Å². The van der Waals surface area contributed by atoms with Crippen LogP contribution >= 0.6 is 0 Å². The van der Waals surface area contributed by atoms with Gasteiger partial charge in [-0.15, -0.1) is 0 Å². The molecule has 1 fully saturated rings. The lowest BCUT2D eigenvalue weighted by atomic mass is 9.97. The van der Waals surface area contributed by atoms with Gasteiger partial charge in [0.25, 0.3) is 0 Å². The Labute approximate surface area is 205 Å². The van der Waals surface area contributed by atoms with Crippen molar-refractivity contribution in [1.29, 1.82) is 0 Å². The first-order valence-electron chi connectivity index (χ1n) is 11.9. The molecule has 0 spiro atoms. The van der Waals surface area contributed by atoms with Gasteiger partial charge in [-0.1, -0.05) is 0 Å². The number of ether oxygens (including phenoxy) is 2. The Morgan fingerprint density at radius 3 is 2.46 bits per heavy atom. The highest BCUT2D eigenvalue weighted by atomic mass is 32.2. The van der Waals surface area contributed by atoms with Crippen molar-refractivity contribution in [2.75, 3.05) is 43.1 Å². The quantitative estimate of drug-likeness (QED) is 0.694. The Kier molecular flexibility index (Phi) is 6.41. The monoisotopic (exact) mass is 499 g/mol. The molecule has 0 aromatic heterocycles. The van der Waals surface area contributed by atoms with Crippen LogP contribution in [-0.4, -0.2) is 57.4 Å². The van der Waals surface area contributed by atoms with Crippen LogP contribution in [0.3, 0.4) is 0 Å². The summed E-state index contributed by atoms with van der Waals surface area (Å²) in [6.45, 7) is 3.69. The molecule has 2 amide bonds. The number of nitrogens with one attached hydrogen (secondary N) is 1. The van der Waals surface area contributed by atoms with Gasteiger partial charge in [-0.3, -0.25) is 9.59 Å². The summed E-state index contributed by atoms with van der Waals surface area (Å²) in [5.74, 6) is 0.813. The van der Waals surface area contributed by atoms with Crippen molar-refractivity contribution in [3.63, 3.8) is 0 Å². The second-order valence-corrected chi connectivity index (χ2v) is 11.0. The van der Waals surface area contributed by atoms with Gasteiger partial charge in [0.15, 0.2) is 11.5 Å². The zero-order valence-corrected chi connectivity index (χ0v) is 20.5. The number of carbonyl (C=O) groups is 2. The summed E-state index contributed by atoms with van der Waals surface area (Å²) in [6, 6.07) is 10.3. The Balaban J connectivity index is 1.23. The third-order valence-corrected chi connectivity index (χ3v) is 8.72. The molecule has 186 valence electrons. The molecule has 2 aromatic rings. The minimum Gasteiger partial charge on any atom is -0.486 e. The van der Waals surface area contributed by atoms with Crippen LogP contribution in [-0.2, 0) is 26.0 Å². The van der Waals surface area contributed by atoms with E-state index < -0.39 is 10.0 Å². The first-order valence-corrected chi connectivity index (χ1v) is 13.4. The number of fused-ring (bicyclic) bond motifs is 2. The molecule has 35 heavy (non-hydrogen) atoms. The number of amides is 2. The molecular formula is C25H29N3O6S. The van der Waals surface area contributed by atoms with E-state index in [0.29, 0.717) is 49.8 Å². The van der Waals surface area contributed by atoms with Crippen LogP contribution in [0.4, 0.5) is 11.4 Å². The number of piperidine rings is 1. The molecule has 5 rings (SSSR count). The third kappa shape index (κ3) is 4.72. The minimum atomic E-state index is -3.68. The van der Waals surface area contributed by atoms with Gasteiger partial charge < -0.3 is 19.7 Å². The fourth-order valence-corrected chi connectivity index (χ4v) is 6.45. The van der Waals surface area contributed by atoms with Crippen molar-refractivity contribution >= 4 is 33.2 Å². The maximum absolute atomic E-state index is 13.3. The number of aryl methyl sites for hydroxylation is 1. The van der Waals surface area contributed by atoms with Gasteiger partial charge in [0, 0.05) is 49.9 Å². The lowest BCUT2D eigenvalue weighted by Crippen LogP contribution is -2.41. The first-order chi connectivity index (χ1) is 16.8. The van der Waals surface area contributed by atoms with Crippen molar-refractivity contribution in [1.82, 2.24) is 4.31 Å². The highest BCUT2D eigenvalue weighted by Crippen LogP contribution is 2.34. The summed E-state index contributed by atoms with van der Waals surface area (Å²) < 4.78 is 39.2. The molecule has 0 bridgehead atoms. The zero-order chi connectivity index (χ0) is 24.6. The molecule has 0 saturated carbocycles. The molecule has 3 heterocycles. The topological polar surface area (TPSA) is 105 Å². The van der Waals surface area contributed by atoms with Crippen molar-refractivity contribution in [2.45, 2.75) is 37.5 Å². The molecule has 10 heteroatoms. The number of carbonyl (C=O) groups excluding carboxylic acids is 2. The number of anilines is 2. The molecule has 1 saturated heterocycles. The number of hydrogen-bond acceptors (Lipinski definition) is 6. The summed E-state index contributed by atoms with van der Waals surface area (Å²) in [4.78, 5) is 26.7. The Morgan fingerprint density at radius 1 is 0.971 bits per heavy atom. The predicted molar refractivity (Wildman–Crippen MR) is 130 cm³/mol. The van der Waals surface area contributed by atoms with Crippen LogP contribution in [0.15, 0.2) is 41.3 Å². The van der Waals surface area contributed by atoms with Crippen LogP contribution < -0.4 is 19.7 Å². The Hall–Kier alpha value is -3.11. The van der Waals surface area contributed by atoms with Gasteiger partial charge in [-0.2, -0.15) is 4.31 Å². The van der Waals surface area contributed by atoms with Crippen molar-refractivity contribution < 1.29 is 27.5 Å². The lowest BCUT2D eigenvalue weighted by molar-refractivity contribution is -0.121. The summed E-state index contributed by atoms with van der Waals surface area (Å²) in [6.07, 6.45) is 2.43. The molecule has 0 aliphatic carbocycles. The maximum Gasteiger partial charge on any atom is 0.243 e. The van der Waals surface area contributed by atoms with E-state index in [1.54, 1.807) is 41.3 Å². The van der Waals surface area contributed by atoms with E-state index in [1.807, 2.05) is 0 Å². The molecule has 9 nitrogen and oxygen atoms in total. The van der Waals surface area contributed by atoms with Crippen LogP contribution in [0, 0.1) is 5.92 Å². The second kappa shape index (κ2) is 9.50. The highest BCUT2D eigenvalue weighted by Gasteiger charge is 2.33. The standard InChI is InChI=1S/C25H29N3O6S/c1-17(29)28-10-2-3-19-15-21(5-6-22(19)28)35(31,32)27-11-8-18(9-12-27)25(30)26-20-4-7-23-24(16-20)34-14-13-33-23/h4-7,15-16,18H,2-3,8-14H2,1H3,(H,26,30). The number of sulfonamides is 1. The highest BCUT2D eigenvalue weighted by molar-refractivity contribution is 7.89. The largest absolute Gasteiger partial charge is 0.486 e. The number of nitrogens with zero attached hydrogens (tertiary/aromatic N) is 2. The number of benzene rings is 2. The van der Waals surface area contributed by atoms with Crippen molar-refractivity contribution in [3.8, 4) is 11.5 Å². The first kappa shape index (κ1) is 23.6. The Morgan fingerprint density at radius 2 is 1.71 bits per heavy atom. The van der Waals surface area contributed by atoms with E-state index in [9.17, 15) is 18.0 Å². The van der Waals surface area contributed by atoms with Gasteiger partial charge in [-0.25, -0.2) is 8.42 Å². The zero-order valence-electron chi connectivity index (χ0n) is 19.7. The number of rotatable bonds is 4. The van der Waals surface area contributed by atoms with Crippen molar-refractivity contribution in [3.05, 3.63) is 42.0 Å². The Bertz CT molecular complexity index is 1250. The van der Waals surface area contributed by atoms with E-state index in [2.05, 4.69) is 5.32 Å². The second-order valence-electron chi connectivity index (χ2n) is 9.09. The molecular weight excluding hydrogens is 470 g/mol. The van der Waals surface area contributed by atoms with E-state index >= 15 is 0 Å². The molecule has 3 aliphatic rings.